The maximum absolute atomic E-state index is 12.7. The zero-order valence-corrected chi connectivity index (χ0v) is 25.1. The summed E-state index contributed by atoms with van der Waals surface area (Å²) in [6, 6.07) is 3.29. The van der Waals surface area contributed by atoms with Crippen LogP contribution < -0.4 is 15.2 Å². The van der Waals surface area contributed by atoms with Gasteiger partial charge >= 0.3 is 24.2 Å². The van der Waals surface area contributed by atoms with E-state index in [0.717, 1.165) is 0 Å². The van der Waals surface area contributed by atoms with E-state index in [1.807, 2.05) is 34.6 Å². The van der Waals surface area contributed by atoms with Crippen LogP contribution in [0.15, 0.2) is 18.2 Å². The van der Waals surface area contributed by atoms with Gasteiger partial charge in [-0.3, -0.25) is 9.59 Å². The smallest absolute Gasteiger partial charge is 0.458 e. The van der Waals surface area contributed by atoms with Crippen LogP contribution in [0.2, 0.25) is 0 Å². The van der Waals surface area contributed by atoms with Crippen LogP contribution in [0, 0.1) is 17.3 Å². The second kappa shape index (κ2) is 16.1. The number of nitrogens with two attached hydrogens (primary N) is 1. The molecule has 0 bridgehead atoms. The van der Waals surface area contributed by atoms with Crippen molar-refractivity contribution < 1.29 is 47.6 Å². The Morgan fingerprint density at radius 2 is 1.30 bits per heavy atom. The van der Waals surface area contributed by atoms with Crippen molar-refractivity contribution in [2.75, 3.05) is 13.2 Å². The summed E-state index contributed by atoms with van der Waals surface area (Å²) >= 11 is 0. The molecule has 0 aliphatic carbocycles. The molecule has 2 N–H and O–H groups in total. The first kappa shape index (κ1) is 34.7. The Bertz CT molecular complexity index is 1000. The Labute approximate surface area is 236 Å². The lowest BCUT2D eigenvalue weighted by Crippen LogP contribution is -2.40. The lowest BCUT2D eigenvalue weighted by atomic mass is 9.90. The van der Waals surface area contributed by atoms with Crippen molar-refractivity contribution in [1.82, 2.24) is 0 Å². The number of benzene rings is 1. The average Bonchev–Trinajstić information content (AvgIpc) is 2.87. The highest BCUT2D eigenvalue weighted by atomic mass is 16.7. The van der Waals surface area contributed by atoms with Gasteiger partial charge in [-0.2, -0.15) is 0 Å². The van der Waals surface area contributed by atoms with Crippen molar-refractivity contribution in [1.29, 1.82) is 0 Å². The lowest BCUT2D eigenvalue weighted by molar-refractivity contribution is -0.172. The second-order valence-corrected chi connectivity index (χ2v) is 11.2. The molecular formula is C29H45NO10. The molecule has 11 heteroatoms. The Hall–Kier alpha value is -3.34. The predicted molar refractivity (Wildman–Crippen MR) is 147 cm³/mol. The van der Waals surface area contributed by atoms with E-state index in [0.29, 0.717) is 12.0 Å². The molecule has 0 unspecified atom stereocenters. The van der Waals surface area contributed by atoms with Crippen LogP contribution in [0.4, 0.5) is 9.59 Å². The first-order valence-corrected chi connectivity index (χ1v) is 13.5. The third-order valence-corrected chi connectivity index (χ3v) is 5.91. The molecule has 226 valence electrons. The van der Waals surface area contributed by atoms with E-state index in [2.05, 4.69) is 0 Å². The number of hydrogen-bond acceptors (Lipinski definition) is 11. The fourth-order valence-corrected chi connectivity index (χ4v) is 2.82. The molecule has 0 aromatic heterocycles. The van der Waals surface area contributed by atoms with Crippen molar-refractivity contribution in [3.63, 3.8) is 0 Å². The molecule has 11 nitrogen and oxygen atoms in total. The summed E-state index contributed by atoms with van der Waals surface area (Å²) in [5.41, 5.74) is 5.93. The molecule has 0 radical (unpaired) electrons. The van der Waals surface area contributed by atoms with Crippen LogP contribution in [-0.2, 0) is 35.0 Å². The molecule has 0 saturated heterocycles. The number of ether oxygens (including phenoxy) is 6. The molecule has 0 aliphatic heterocycles. The molecule has 0 spiro atoms. The lowest BCUT2D eigenvalue weighted by Gasteiger charge is -2.27. The van der Waals surface area contributed by atoms with Crippen molar-refractivity contribution >= 4 is 24.2 Å². The van der Waals surface area contributed by atoms with E-state index in [1.54, 1.807) is 33.8 Å². The third-order valence-electron chi connectivity index (χ3n) is 5.91. The van der Waals surface area contributed by atoms with Crippen molar-refractivity contribution in [3.05, 3.63) is 23.8 Å². The first-order chi connectivity index (χ1) is 18.5. The zero-order chi connectivity index (χ0) is 30.6. The summed E-state index contributed by atoms with van der Waals surface area (Å²) in [7, 11) is 0. The topological polar surface area (TPSA) is 150 Å². The summed E-state index contributed by atoms with van der Waals surface area (Å²) in [4.78, 5) is 49.3. The molecule has 1 aromatic carbocycles. The molecule has 0 saturated carbocycles. The molecule has 0 aliphatic rings. The second-order valence-electron chi connectivity index (χ2n) is 11.2. The van der Waals surface area contributed by atoms with Crippen LogP contribution >= 0.6 is 0 Å². The highest BCUT2D eigenvalue weighted by molar-refractivity contribution is 5.77. The van der Waals surface area contributed by atoms with Crippen LogP contribution in [0.3, 0.4) is 0 Å². The monoisotopic (exact) mass is 567 g/mol. The minimum absolute atomic E-state index is 0.0120. The number of carbonyl (C=O) groups is 4. The van der Waals surface area contributed by atoms with Gasteiger partial charge in [0.2, 0.25) is 0 Å². The summed E-state index contributed by atoms with van der Waals surface area (Å²) in [6.45, 7) is 16.4. The van der Waals surface area contributed by atoms with Crippen molar-refractivity contribution in [3.8, 4) is 11.5 Å². The van der Waals surface area contributed by atoms with Gasteiger partial charge in [0, 0.05) is 0 Å². The predicted octanol–water partition coefficient (Wildman–Crippen LogP) is 5.20. The van der Waals surface area contributed by atoms with E-state index in [1.165, 1.54) is 12.1 Å². The molecule has 1 rings (SSSR count). The van der Waals surface area contributed by atoms with Crippen molar-refractivity contribution in [2.45, 2.75) is 93.4 Å². The Morgan fingerprint density at radius 1 is 0.800 bits per heavy atom. The number of carbonyl (C=O) groups excluding carboxylic acids is 4. The fourth-order valence-electron chi connectivity index (χ4n) is 2.82. The van der Waals surface area contributed by atoms with Gasteiger partial charge in [0.05, 0.1) is 18.6 Å². The van der Waals surface area contributed by atoms with Crippen LogP contribution in [-0.4, -0.2) is 55.7 Å². The highest BCUT2D eigenvalue weighted by Crippen LogP contribution is 2.30. The standard InChI is InChI=1S/C29H45NO10/c1-10-29(8,9)26(32)38-20(7)19(6)37-25(31)22(30)13-21-11-12-23(39-27(33)35-15-17(2)3)24(14-21)40-28(34)36-16-18(4)5/h11-12,14,17-20,22H,10,13,15-16,30H2,1-9H3/t19-,20-,22-/m0/s1. The van der Waals surface area contributed by atoms with E-state index >= 15 is 0 Å². The third kappa shape index (κ3) is 12.2. The highest BCUT2D eigenvalue weighted by Gasteiger charge is 2.31. The van der Waals surface area contributed by atoms with Gasteiger partial charge in [-0.05, 0) is 70.1 Å². The number of esters is 2. The Kier molecular flexibility index (Phi) is 13.9. The van der Waals surface area contributed by atoms with Gasteiger partial charge in [-0.15, -0.1) is 0 Å². The molecular weight excluding hydrogens is 522 g/mol. The summed E-state index contributed by atoms with van der Waals surface area (Å²) in [6.07, 6.45) is -2.76. The first-order valence-electron chi connectivity index (χ1n) is 13.5. The Morgan fingerprint density at radius 3 is 1.80 bits per heavy atom. The van der Waals surface area contributed by atoms with Gasteiger partial charge in [0.15, 0.2) is 11.5 Å². The van der Waals surface area contributed by atoms with E-state index in [-0.39, 0.29) is 48.9 Å². The average molecular weight is 568 g/mol. The maximum atomic E-state index is 12.7. The molecule has 0 fully saturated rings. The maximum Gasteiger partial charge on any atom is 0.513 e. The minimum Gasteiger partial charge on any atom is -0.458 e. The molecule has 3 atom stereocenters. The van der Waals surface area contributed by atoms with Crippen LogP contribution in [0.5, 0.6) is 11.5 Å². The van der Waals surface area contributed by atoms with Gasteiger partial charge in [-0.1, -0.05) is 40.7 Å². The van der Waals surface area contributed by atoms with E-state index < -0.39 is 41.9 Å². The minimum atomic E-state index is -1.08. The van der Waals surface area contributed by atoms with E-state index in [4.69, 9.17) is 34.2 Å². The summed E-state index contributed by atoms with van der Waals surface area (Å²) in [5.74, 6) is -1.10. The summed E-state index contributed by atoms with van der Waals surface area (Å²) < 4.78 is 31.5. The van der Waals surface area contributed by atoms with Crippen LogP contribution in [0.1, 0.15) is 74.3 Å². The SMILES string of the molecule is CCC(C)(C)C(=O)O[C@@H](C)[C@H](C)OC(=O)[C@@H](N)Cc1ccc(OC(=O)OCC(C)C)c(OC(=O)OCC(C)C)c1. The zero-order valence-electron chi connectivity index (χ0n) is 25.1. The van der Waals surface area contributed by atoms with Crippen LogP contribution in [0.25, 0.3) is 0 Å². The summed E-state index contributed by atoms with van der Waals surface area (Å²) in [5, 5.41) is 0. The van der Waals surface area contributed by atoms with Gasteiger partial charge in [0.1, 0.15) is 18.2 Å². The largest absolute Gasteiger partial charge is 0.513 e. The van der Waals surface area contributed by atoms with Gasteiger partial charge in [0.25, 0.3) is 0 Å². The molecule has 1 aromatic rings. The van der Waals surface area contributed by atoms with Crippen molar-refractivity contribution in [2.24, 2.45) is 23.0 Å². The molecule has 0 amide bonds. The normalized spacial score (nSPS) is 13.7. The molecule has 0 heterocycles. The van der Waals surface area contributed by atoms with Gasteiger partial charge < -0.3 is 34.2 Å². The van der Waals surface area contributed by atoms with E-state index in [9.17, 15) is 19.2 Å². The van der Waals surface area contributed by atoms with Gasteiger partial charge in [-0.25, -0.2) is 9.59 Å². The number of hydrogen-bond donors (Lipinski definition) is 1. The quantitative estimate of drug-likeness (QED) is 0.179. The number of rotatable bonds is 14. The Balaban J connectivity index is 2.94. The fraction of sp³-hybridized carbons (Fsp3) is 0.655. The molecule has 40 heavy (non-hydrogen) atoms.